The van der Waals surface area contributed by atoms with Gasteiger partial charge in [0.2, 0.25) is 0 Å². The van der Waals surface area contributed by atoms with Gasteiger partial charge < -0.3 is 10.1 Å². The topological polar surface area (TPSA) is 55.4 Å². The zero-order valence-corrected chi connectivity index (χ0v) is 14.3. The molecule has 0 saturated heterocycles. The summed E-state index contributed by atoms with van der Waals surface area (Å²) in [5, 5.41) is 2.54. The number of alkyl halides is 3. The van der Waals surface area contributed by atoms with Crippen LogP contribution < -0.4 is 5.32 Å². The van der Waals surface area contributed by atoms with Gasteiger partial charge in [-0.1, -0.05) is 48.6 Å². The Labute approximate surface area is 154 Å². The molecular weight excluding hydrogens is 359 g/mol. The van der Waals surface area contributed by atoms with Crippen molar-refractivity contribution >= 4 is 18.5 Å². The number of alkyl carbamates (subject to hydrolysis) is 1. The van der Waals surface area contributed by atoms with Crippen LogP contribution in [0, 0.1) is 0 Å². The predicted molar refractivity (Wildman–Crippen MR) is 95.1 cm³/mol. The number of nitrogens with one attached hydrogen (secondary N) is 1. The fourth-order valence-electron chi connectivity index (χ4n) is 2.24. The van der Waals surface area contributed by atoms with E-state index in [4.69, 9.17) is 4.74 Å². The highest BCUT2D eigenvalue weighted by molar-refractivity contribution is 5.82. The first-order chi connectivity index (χ1) is 12.9. The molecule has 2 aromatic rings. The van der Waals surface area contributed by atoms with Crippen molar-refractivity contribution in [2.75, 3.05) is 6.54 Å². The minimum Gasteiger partial charge on any atom is -0.445 e. The van der Waals surface area contributed by atoms with Crippen LogP contribution in [0.1, 0.15) is 33.5 Å². The summed E-state index contributed by atoms with van der Waals surface area (Å²) in [5.74, 6) is 0. The number of hydrogen-bond acceptors (Lipinski definition) is 3. The molecule has 0 radical (unpaired) electrons. The van der Waals surface area contributed by atoms with Crippen LogP contribution in [-0.4, -0.2) is 18.9 Å². The van der Waals surface area contributed by atoms with Crippen LogP contribution in [0.15, 0.2) is 54.6 Å². The maximum atomic E-state index is 12.8. The summed E-state index contributed by atoms with van der Waals surface area (Å²) in [4.78, 5) is 22.5. The van der Waals surface area contributed by atoms with Gasteiger partial charge >= 0.3 is 12.3 Å². The van der Waals surface area contributed by atoms with E-state index in [2.05, 4.69) is 5.32 Å². The van der Waals surface area contributed by atoms with E-state index >= 15 is 0 Å². The minimum absolute atomic E-state index is 0.148. The van der Waals surface area contributed by atoms with E-state index < -0.39 is 17.8 Å². The fraction of sp³-hybridized carbons (Fsp3) is 0.200. The lowest BCUT2D eigenvalue weighted by atomic mass is 10.0. The summed E-state index contributed by atoms with van der Waals surface area (Å²) in [5.41, 5.74) is 0.370. The summed E-state index contributed by atoms with van der Waals surface area (Å²) >= 11 is 0. The average Bonchev–Trinajstić information content (AvgIpc) is 2.66. The smallest absolute Gasteiger partial charge is 0.416 e. The molecule has 7 heteroatoms. The average molecular weight is 377 g/mol. The molecule has 1 N–H and O–H groups in total. The van der Waals surface area contributed by atoms with Gasteiger partial charge in [0.1, 0.15) is 6.61 Å². The molecule has 0 unspecified atom stereocenters. The van der Waals surface area contributed by atoms with Gasteiger partial charge in [-0.05, 0) is 29.7 Å². The molecule has 0 bridgehead atoms. The lowest BCUT2D eigenvalue weighted by molar-refractivity contribution is -0.137. The Morgan fingerprint density at radius 3 is 2.48 bits per heavy atom. The number of amides is 1. The van der Waals surface area contributed by atoms with Crippen molar-refractivity contribution in [3.05, 3.63) is 76.9 Å². The van der Waals surface area contributed by atoms with E-state index in [0.717, 1.165) is 23.8 Å². The lowest BCUT2D eigenvalue weighted by Gasteiger charge is -2.08. The van der Waals surface area contributed by atoms with Gasteiger partial charge in [-0.2, -0.15) is 13.2 Å². The third-order valence-electron chi connectivity index (χ3n) is 3.63. The van der Waals surface area contributed by atoms with E-state index in [1.54, 1.807) is 6.08 Å². The number of aldehydes is 1. The summed E-state index contributed by atoms with van der Waals surface area (Å²) in [7, 11) is 0. The molecule has 0 aliphatic carbocycles. The molecule has 4 nitrogen and oxygen atoms in total. The van der Waals surface area contributed by atoms with Gasteiger partial charge in [0.15, 0.2) is 6.29 Å². The van der Waals surface area contributed by atoms with Crippen molar-refractivity contribution in [3.63, 3.8) is 0 Å². The number of ether oxygens (including phenoxy) is 1. The summed E-state index contributed by atoms with van der Waals surface area (Å²) in [6, 6.07) is 12.1. The molecule has 142 valence electrons. The number of benzene rings is 2. The van der Waals surface area contributed by atoms with E-state index in [0.29, 0.717) is 12.7 Å². The molecule has 0 fully saturated rings. The first-order valence-electron chi connectivity index (χ1n) is 8.17. The summed E-state index contributed by atoms with van der Waals surface area (Å²) in [6.07, 6.45) is -1.18. The van der Waals surface area contributed by atoms with E-state index in [1.165, 1.54) is 6.08 Å². The Morgan fingerprint density at radius 1 is 1.07 bits per heavy atom. The highest BCUT2D eigenvalue weighted by Gasteiger charge is 2.30. The third kappa shape index (κ3) is 6.62. The number of carbonyl (C=O) groups is 2. The minimum atomic E-state index is -4.48. The van der Waals surface area contributed by atoms with Crippen molar-refractivity contribution < 1.29 is 27.5 Å². The molecule has 2 aromatic carbocycles. The highest BCUT2D eigenvalue weighted by Crippen LogP contribution is 2.30. The number of hydrogen-bond donors (Lipinski definition) is 1. The first-order valence-corrected chi connectivity index (χ1v) is 8.17. The number of rotatable bonds is 7. The molecule has 0 saturated carbocycles. The molecule has 0 aliphatic rings. The van der Waals surface area contributed by atoms with Crippen LogP contribution in [-0.2, 0) is 17.5 Å². The molecule has 0 spiro atoms. The van der Waals surface area contributed by atoms with Crippen LogP contribution in [0.5, 0.6) is 0 Å². The van der Waals surface area contributed by atoms with Gasteiger partial charge in [0.05, 0.1) is 5.56 Å². The van der Waals surface area contributed by atoms with Crippen LogP contribution in [0.3, 0.4) is 0 Å². The SMILES string of the molecule is O=Cc1ccc(C(F)(F)F)cc1C=CCCNC(=O)OCc1ccccc1. The maximum absolute atomic E-state index is 12.8. The van der Waals surface area contributed by atoms with E-state index in [-0.39, 0.29) is 24.3 Å². The molecule has 0 aliphatic heterocycles. The monoisotopic (exact) mass is 377 g/mol. The molecule has 1 amide bonds. The van der Waals surface area contributed by atoms with Gasteiger partial charge in [0, 0.05) is 12.1 Å². The Hall–Kier alpha value is -3.09. The number of carbonyl (C=O) groups excluding carboxylic acids is 2. The molecule has 27 heavy (non-hydrogen) atoms. The normalized spacial score (nSPS) is 11.4. The standard InChI is InChI=1S/C20H18F3NO3/c21-20(22,23)18-10-9-17(13-25)16(12-18)8-4-5-11-24-19(26)27-14-15-6-2-1-3-7-15/h1-4,6-10,12-13H,5,11,14H2,(H,24,26). The van der Waals surface area contributed by atoms with E-state index in [9.17, 15) is 22.8 Å². The zero-order valence-electron chi connectivity index (χ0n) is 14.3. The third-order valence-corrected chi connectivity index (χ3v) is 3.63. The lowest BCUT2D eigenvalue weighted by Crippen LogP contribution is -2.24. The van der Waals surface area contributed by atoms with Crippen molar-refractivity contribution in [2.24, 2.45) is 0 Å². The fourth-order valence-corrected chi connectivity index (χ4v) is 2.24. The van der Waals surface area contributed by atoms with Crippen LogP contribution in [0.2, 0.25) is 0 Å². The van der Waals surface area contributed by atoms with Crippen molar-refractivity contribution in [3.8, 4) is 0 Å². The van der Waals surface area contributed by atoms with Gasteiger partial charge in [-0.15, -0.1) is 0 Å². The molecule has 0 atom stereocenters. The Kier molecular flexibility index (Phi) is 7.16. The van der Waals surface area contributed by atoms with Crippen molar-refractivity contribution in [1.29, 1.82) is 0 Å². The quantitative estimate of drug-likeness (QED) is 0.554. The zero-order chi connectivity index (χ0) is 19.7. The first kappa shape index (κ1) is 20.2. The second-order valence-corrected chi connectivity index (χ2v) is 5.64. The maximum Gasteiger partial charge on any atom is 0.416 e. The second kappa shape index (κ2) is 9.56. The van der Waals surface area contributed by atoms with Crippen LogP contribution >= 0.6 is 0 Å². The largest absolute Gasteiger partial charge is 0.445 e. The molecule has 2 rings (SSSR count). The van der Waals surface area contributed by atoms with Crippen molar-refractivity contribution in [1.82, 2.24) is 5.32 Å². The highest BCUT2D eigenvalue weighted by atomic mass is 19.4. The van der Waals surface area contributed by atoms with Gasteiger partial charge in [-0.25, -0.2) is 4.79 Å². The van der Waals surface area contributed by atoms with Gasteiger partial charge in [0.25, 0.3) is 0 Å². The van der Waals surface area contributed by atoms with Gasteiger partial charge in [-0.3, -0.25) is 4.79 Å². The summed E-state index contributed by atoms with van der Waals surface area (Å²) in [6.45, 7) is 0.398. The van der Waals surface area contributed by atoms with Crippen molar-refractivity contribution in [2.45, 2.75) is 19.2 Å². The molecule has 0 heterocycles. The summed E-state index contributed by atoms with van der Waals surface area (Å²) < 4.78 is 43.3. The molecular formula is C20H18F3NO3. The van der Waals surface area contributed by atoms with Crippen LogP contribution in [0.4, 0.5) is 18.0 Å². The second-order valence-electron chi connectivity index (χ2n) is 5.64. The molecule has 0 aromatic heterocycles. The van der Waals surface area contributed by atoms with E-state index in [1.807, 2.05) is 30.3 Å². The predicted octanol–water partition coefficient (Wildman–Crippen LogP) is 4.85. The Morgan fingerprint density at radius 2 is 1.81 bits per heavy atom. The Bertz CT molecular complexity index is 802. The van der Waals surface area contributed by atoms with Crippen LogP contribution in [0.25, 0.3) is 6.08 Å². The Balaban J connectivity index is 1.81. The number of halogens is 3.